The van der Waals surface area contributed by atoms with Crippen LogP contribution < -0.4 is 5.32 Å². The van der Waals surface area contributed by atoms with E-state index >= 15 is 0 Å². The van der Waals surface area contributed by atoms with E-state index in [2.05, 4.69) is 55.9 Å². The van der Waals surface area contributed by atoms with Crippen LogP contribution in [0.2, 0.25) is 0 Å². The molecule has 9 heteroatoms. The molecule has 0 radical (unpaired) electrons. The molecule has 1 saturated heterocycles. The molecule has 0 aromatic carbocycles. The molecule has 7 heterocycles. The van der Waals surface area contributed by atoms with Gasteiger partial charge < -0.3 is 15.2 Å². The molecule has 8 rings (SSSR count). The maximum absolute atomic E-state index is 12.4. The highest BCUT2D eigenvalue weighted by Crippen LogP contribution is 2.46. The number of carbonyl (C=O) groups excluding carboxylic acids is 1. The predicted molar refractivity (Wildman–Crippen MR) is 208 cm³/mol. The van der Waals surface area contributed by atoms with Crippen molar-refractivity contribution in [1.29, 1.82) is 0 Å². The van der Waals surface area contributed by atoms with E-state index in [0.717, 1.165) is 102 Å². The minimum absolute atomic E-state index is 0.0240. The predicted octanol–water partition coefficient (Wildman–Crippen LogP) is 8.12. The summed E-state index contributed by atoms with van der Waals surface area (Å²) < 4.78 is 5.03. The average Bonchev–Trinajstić information content (AvgIpc) is 3.92. The van der Waals surface area contributed by atoms with E-state index in [0.29, 0.717) is 24.3 Å². The van der Waals surface area contributed by atoms with Crippen LogP contribution in [-0.4, -0.2) is 45.3 Å². The van der Waals surface area contributed by atoms with Crippen LogP contribution in [-0.2, 0) is 9.53 Å². The molecule has 0 spiro atoms. The highest BCUT2D eigenvalue weighted by Gasteiger charge is 2.41. The number of pyridine rings is 2. The second kappa shape index (κ2) is 13.4. The normalized spacial score (nSPS) is 21.6. The van der Waals surface area contributed by atoms with E-state index in [1.165, 1.54) is 7.11 Å². The van der Waals surface area contributed by atoms with Gasteiger partial charge in [-0.25, -0.2) is 20.0 Å². The third-order valence-corrected chi connectivity index (χ3v) is 10.9. The zero-order valence-corrected chi connectivity index (χ0v) is 30.8. The van der Waals surface area contributed by atoms with Crippen molar-refractivity contribution in [2.75, 3.05) is 7.11 Å². The summed E-state index contributed by atoms with van der Waals surface area (Å²) in [5.41, 5.74) is 15.6. The van der Waals surface area contributed by atoms with Gasteiger partial charge in [-0.15, -0.1) is 0 Å². The van der Waals surface area contributed by atoms with E-state index in [9.17, 15) is 9.90 Å². The molecular weight excluding hydrogens is 661 g/mol. The summed E-state index contributed by atoms with van der Waals surface area (Å²) in [5.74, 6) is 6.80. The first-order valence-electron chi connectivity index (χ1n) is 18.1. The Kier molecular flexibility index (Phi) is 8.62. The van der Waals surface area contributed by atoms with Crippen LogP contribution in [0.5, 0.6) is 0 Å². The Morgan fingerprint density at radius 3 is 2.51 bits per heavy atom. The monoisotopic (exact) mass is 700 g/mol. The van der Waals surface area contributed by atoms with Crippen LogP contribution in [0.4, 0.5) is 0 Å². The number of nitrogens with one attached hydrogen (secondary N) is 1. The van der Waals surface area contributed by atoms with Crippen LogP contribution in [0.25, 0.3) is 11.4 Å². The third-order valence-electron chi connectivity index (χ3n) is 10.9. The third kappa shape index (κ3) is 5.94. The van der Waals surface area contributed by atoms with Crippen LogP contribution in [0.1, 0.15) is 66.0 Å². The second-order valence-electron chi connectivity index (χ2n) is 14.0. The lowest BCUT2D eigenvalue weighted by Crippen LogP contribution is -2.16. The van der Waals surface area contributed by atoms with E-state index < -0.39 is 0 Å². The average molecular weight is 701 g/mol. The van der Waals surface area contributed by atoms with Gasteiger partial charge in [-0.1, -0.05) is 31.9 Å². The summed E-state index contributed by atoms with van der Waals surface area (Å²) >= 11 is 0. The molecule has 2 N–H and O–H groups in total. The fraction of sp³-hybridized carbons (Fsp3) is 0.273. The van der Waals surface area contributed by atoms with Crippen molar-refractivity contribution in [3.63, 3.8) is 0 Å². The topological polar surface area (TPSA) is 121 Å². The minimum Gasteiger partial charge on any atom is -0.511 e. The number of carbonyl (C=O) groups is 1. The molecule has 2 aromatic rings. The molecule has 0 unspecified atom stereocenters. The summed E-state index contributed by atoms with van der Waals surface area (Å²) in [6.45, 7) is 10.5. The smallest absolute Gasteiger partial charge is 0.305 e. The van der Waals surface area contributed by atoms with Crippen molar-refractivity contribution in [3.8, 4) is 23.2 Å². The molecule has 264 valence electrons. The van der Waals surface area contributed by atoms with Gasteiger partial charge in [0.05, 0.1) is 58.3 Å². The van der Waals surface area contributed by atoms with Gasteiger partial charge in [0.15, 0.2) is 0 Å². The highest BCUT2D eigenvalue weighted by atomic mass is 16.5. The number of hydrogen-bond acceptors (Lipinski definition) is 9. The van der Waals surface area contributed by atoms with Gasteiger partial charge in [-0.2, -0.15) is 0 Å². The Balaban J connectivity index is 1.29. The van der Waals surface area contributed by atoms with E-state index in [-0.39, 0.29) is 24.2 Å². The molecule has 6 aliphatic rings. The fourth-order valence-electron chi connectivity index (χ4n) is 7.93. The summed E-state index contributed by atoms with van der Waals surface area (Å²) in [5, 5.41) is 15.1. The molecule has 8 bridgehead atoms. The summed E-state index contributed by atoms with van der Waals surface area (Å²) in [4.78, 5) is 37.1. The number of aliphatic hydroxyl groups is 1. The number of ether oxygens (including phenoxy) is 1. The zero-order valence-electron chi connectivity index (χ0n) is 30.8. The van der Waals surface area contributed by atoms with Gasteiger partial charge in [-0.05, 0) is 104 Å². The van der Waals surface area contributed by atoms with Gasteiger partial charge in [0.25, 0.3) is 0 Å². The summed E-state index contributed by atoms with van der Waals surface area (Å²) in [6.07, 6.45) is 9.96. The number of allylic oxidation sites excluding steroid dienone is 12. The van der Waals surface area contributed by atoms with Crippen molar-refractivity contribution in [1.82, 2.24) is 15.3 Å². The Bertz CT molecular complexity index is 2430. The number of aromatic nitrogens is 2. The first kappa shape index (κ1) is 34.0. The van der Waals surface area contributed by atoms with Crippen molar-refractivity contribution in [2.24, 2.45) is 26.8 Å². The summed E-state index contributed by atoms with van der Waals surface area (Å²) in [6, 6.07) is 11.5. The van der Waals surface area contributed by atoms with Gasteiger partial charge >= 0.3 is 5.97 Å². The molecule has 0 amide bonds. The Labute approximate surface area is 309 Å². The molecule has 2 atom stereocenters. The first-order chi connectivity index (χ1) is 25.6. The lowest BCUT2D eigenvalue weighted by atomic mass is 9.86. The highest BCUT2D eigenvalue weighted by molar-refractivity contribution is 6.21. The van der Waals surface area contributed by atoms with Gasteiger partial charge in [0, 0.05) is 53.4 Å². The molecule has 53 heavy (non-hydrogen) atoms. The van der Waals surface area contributed by atoms with Crippen molar-refractivity contribution >= 4 is 23.1 Å². The first-order valence-corrected chi connectivity index (χ1v) is 18.1. The molecule has 9 nitrogen and oxygen atoms in total. The Morgan fingerprint density at radius 1 is 0.943 bits per heavy atom. The largest absolute Gasteiger partial charge is 0.511 e. The van der Waals surface area contributed by atoms with Crippen LogP contribution in [0.15, 0.2) is 149 Å². The van der Waals surface area contributed by atoms with E-state index in [4.69, 9.17) is 24.7 Å². The Hall–Kier alpha value is -6.14. The zero-order chi connectivity index (χ0) is 37.0. The van der Waals surface area contributed by atoms with Crippen LogP contribution in [0, 0.1) is 23.7 Å². The number of nitrogens with zero attached hydrogens (tertiary/aromatic N) is 5. The summed E-state index contributed by atoms with van der Waals surface area (Å²) in [7, 11) is 1.42. The number of fused-ring (bicyclic) bond motifs is 5. The number of esters is 1. The second-order valence-corrected chi connectivity index (χ2v) is 14.0. The maximum Gasteiger partial charge on any atom is 0.305 e. The van der Waals surface area contributed by atoms with Gasteiger partial charge in [0.2, 0.25) is 0 Å². The molecule has 2 aromatic heterocycles. The van der Waals surface area contributed by atoms with Crippen molar-refractivity contribution in [2.45, 2.75) is 60.3 Å². The van der Waals surface area contributed by atoms with E-state index in [1.54, 1.807) is 6.20 Å². The molecule has 1 aliphatic carbocycles. The number of rotatable bonds is 5. The minimum atomic E-state index is -0.251. The molecule has 5 aliphatic heterocycles. The molecule has 0 saturated carbocycles. The van der Waals surface area contributed by atoms with Gasteiger partial charge in [-0.3, -0.25) is 9.78 Å². The number of aliphatic imine (C=N–C) groups is 3. The van der Waals surface area contributed by atoms with Gasteiger partial charge in [0.1, 0.15) is 11.5 Å². The Morgan fingerprint density at radius 2 is 1.74 bits per heavy atom. The van der Waals surface area contributed by atoms with Crippen LogP contribution >= 0.6 is 0 Å². The van der Waals surface area contributed by atoms with Crippen LogP contribution in [0.3, 0.4) is 0 Å². The quantitative estimate of drug-likeness (QED) is 0.240. The fourth-order valence-corrected chi connectivity index (χ4v) is 7.93. The number of hydrogen-bond donors (Lipinski definition) is 2. The SMILES string of the molecule is CCC1=C(C)C2=NC1=CC1=C(C)C3=C(O)CC(=C4NC(=CC5=NC(=C2)C(C#Cc2cccc(-c6ccccn6)n2)=C5C)[C@@H](C)[C@@H]4CCC(=O)OC)C3=N1. The standard InChI is InChI=1S/C44H40N6O3/c1-7-28-23(2)35-21-39-29(15-14-27-11-10-13-33(46-27)32-12-8-9-18-45-32)24(3)34(48-39)20-36-25(4)30(16-17-41(52)53-6)43(49-36)31-19-40(51)42-26(5)37(50-44(31)42)22-38(28)47-35/h8-13,18,20-22,25,30,49,51H,7,16-17,19H2,1-6H3/t25-,30-/m0/s1. The van der Waals surface area contributed by atoms with Crippen molar-refractivity contribution < 1.29 is 14.6 Å². The number of methoxy groups -OCH3 is 1. The number of aliphatic hydroxyl groups excluding tert-OH is 1. The molecule has 1 fully saturated rings. The maximum atomic E-state index is 12.4. The lowest BCUT2D eigenvalue weighted by Gasteiger charge is -2.17. The molecular formula is C44H40N6O3. The lowest BCUT2D eigenvalue weighted by molar-refractivity contribution is -0.140. The van der Waals surface area contributed by atoms with Crippen molar-refractivity contribution in [3.05, 3.63) is 140 Å². The van der Waals surface area contributed by atoms with E-state index in [1.807, 2.05) is 55.5 Å².